The van der Waals surface area contributed by atoms with Crippen LogP contribution in [0.25, 0.3) is 11.5 Å². The highest BCUT2D eigenvalue weighted by Gasteiger charge is 2.24. The van der Waals surface area contributed by atoms with Gasteiger partial charge in [-0.2, -0.15) is 0 Å². The van der Waals surface area contributed by atoms with E-state index in [0.717, 1.165) is 18.4 Å². The van der Waals surface area contributed by atoms with Crippen LogP contribution in [0.3, 0.4) is 0 Å². The minimum absolute atomic E-state index is 0.0946. The third-order valence-corrected chi connectivity index (χ3v) is 3.87. The molecule has 3 rings (SSSR count). The van der Waals surface area contributed by atoms with Crippen LogP contribution in [0.4, 0.5) is 0 Å². The highest BCUT2D eigenvalue weighted by atomic mass is 16.5. The minimum Gasteiger partial charge on any atom is -0.497 e. The Labute approximate surface area is 140 Å². The first-order chi connectivity index (χ1) is 11.5. The molecule has 0 bridgehead atoms. The maximum absolute atomic E-state index is 12.1. The van der Waals surface area contributed by atoms with Gasteiger partial charge in [0.25, 0.3) is 0 Å². The number of carbonyl (C=O) groups is 2. The summed E-state index contributed by atoms with van der Waals surface area (Å²) in [5.41, 5.74) is 1.35. The van der Waals surface area contributed by atoms with Crippen molar-refractivity contribution in [2.24, 2.45) is 0 Å². The summed E-state index contributed by atoms with van der Waals surface area (Å²) in [6.45, 7) is 1.77. The number of aromatic nitrogens is 1. The second kappa shape index (κ2) is 6.86. The van der Waals surface area contributed by atoms with Gasteiger partial charge in [0.1, 0.15) is 17.3 Å². The fourth-order valence-corrected chi connectivity index (χ4v) is 2.41. The molecule has 0 atom stereocenters. The van der Waals surface area contributed by atoms with Gasteiger partial charge in [-0.3, -0.25) is 9.59 Å². The summed E-state index contributed by atoms with van der Waals surface area (Å²) in [6.07, 6.45) is 1.99. The maximum atomic E-state index is 12.1. The van der Waals surface area contributed by atoms with Crippen LogP contribution in [0, 0.1) is 6.92 Å². The van der Waals surface area contributed by atoms with E-state index in [1.807, 2.05) is 24.3 Å². The molecule has 6 heteroatoms. The normalized spacial score (nSPS) is 13.6. The second-order valence-electron chi connectivity index (χ2n) is 5.99. The second-order valence-corrected chi connectivity index (χ2v) is 5.99. The first-order valence-electron chi connectivity index (χ1n) is 7.97. The van der Waals surface area contributed by atoms with E-state index in [9.17, 15) is 9.59 Å². The Kier molecular flexibility index (Phi) is 4.64. The van der Waals surface area contributed by atoms with E-state index in [0.29, 0.717) is 23.1 Å². The number of aryl methyl sites for hydroxylation is 1. The average Bonchev–Trinajstić information content (AvgIpc) is 3.29. The summed E-state index contributed by atoms with van der Waals surface area (Å²) in [5.74, 6) is 1.36. The smallest absolute Gasteiger partial charge is 0.227 e. The Morgan fingerprint density at radius 2 is 2.17 bits per heavy atom. The van der Waals surface area contributed by atoms with Gasteiger partial charge in [-0.15, -0.1) is 0 Å². The molecule has 6 nitrogen and oxygen atoms in total. The molecule has 1 saturated carbocycles. The molecule has 1 aliphatic carbocycles. The molecule has 0 spiro atoms. The number of ketones is 1. The third-order valence-electron chi connectivity index (χ3n) is 3.87. The number of methoxy groups -OCH3 is 1. The molecular formula is C18H20N2O4. The minimum atomic E-state index is -0.211. The number of benzene rings is 1. The number of rotatable bonds is 7. The van der Waals surface area contributed by atoms with Gasteiger partial charge in [0, 0.05) is 11.6 Å². The number of carbonyl (C=O) groups excluding carboxylic acids is 2. The molecule has 0 aliphatic heterocycles. The fourth-order valence-electron chi connectivity index (χ4n) is 2.41. The quantitative estimate of drug-likeness (QED) is 0.790. The highest BCUT2D eigenvalue weighted by molar-refractivity contribution is 5.99. The molecule has 2 aromatic rings. The van der Waals surface area contributed by atoms with Crippen molar-refractivity contribution in [3.05, 3.63) is 35.7 Å². The molecule has 1 aromatic heterocycles. The van der Waals surface area contributed by atoms with E-state index in [2.05, 4.69) is 10.3 Å². The zero-order valence-electron chi connectivity index (χ0n) is 13.8. The number of amides is 1. The van der Waals surface area contributed by atoms with Crippen LogP contribution < -0.4 is 10.1 Å². The summed E-state index contributed by atoms with van der Waals surface area (Å²) in [7, 11) is 1.59. The molecule has 1 amide bonds. The SMILES string of the molecule is COc1cccc(-c2nc(CC(=O)CC(=O)NC3CC3)c(C)o2)c1. The summed E-state index contributed by atoms with van der Waals surface area (Å²) >= 11 is 0. The van der Waals surface area contributed by atoms with Gasteiger partial charge in [-0.25, -0.2) is 4.98 Å². The van der Waals surface area contributed by atoms with Crippen LogP contribution in [-0.4, -0.2) is 29.8 Å². The molecule has 0 unspecified atom stereocenters. The van der Waals surface area contributed by atoms with Crippen LogP contribution in [0.15, 0.2) is 28.7 Å². The Bertz CT molecular complexity index is 762. The number of nitrogens with one attached hydrogen (secondary N) is 1. The van der Waals surface area contributed by atoms with Crippen molar-refractivity contribution in [2.75, 3.05) is 7.11 Å². The van der Waals surface area contributed by atoms with E-state index in [1.54, 1.807) is 14.0 Å². The van der Waals surface area contributed by atoms with Gasteiger partial charge in [-0.1, -0.05) is 6.07 Å². The van der Waals surface area contributed by atoms with E-state index in [4.69, 9.17) is 9.15 Å². The number of hydrogen-bond donors (Lipinski definition) is 1. The number of hydrogen-bond acceptors (Lipinski definition) is 5. The predicted molar refractivity (Wildman–Crippen MR) is 87.7 cm³/mol. The zero-order chi connectivity index (χ0) is 17.1. The Morgan fingerprint density at radius 3 is 2.88 bits per heavy atom. The number of nitrogens with zero attached hydrogens (tertiary/aromatic N) is 1. The fraction of sp³-hybridized carbons (Fsp3) is 0.389. The van der Waals surface area contributed by atoms with Crippen LogP contribution in [0.2, 0.25) is 0 Å². The van der Waals surface area contributed by atoms with Gasteiger partial charge in [0.05, 0.1) is 25.6 Å². The van der Waals surface area contributed by atoms with Gasteiger partial charge in [0.2, 0.25) is 11.8 Å². The summed E-state index contributed by atoms with van der Waals surface area (Å²) < 4.78 is 10.9. The lowest BCUT2D eigenvalue weighted by molar-refractivity contribution is -0.127. The van der Waals surface area contributed by atoms with Gasteiger partial charge in [-0.05, 0) is 38.0 Å². The zero-order valence-corrected chi connectivity index (χ0v) is 13.8. The van der Waals surface area contributed by atoms with Crippen LogP contribution >= 0.6 is 0 Å². The van der Waals surface area contributed by atoms with Crippen LogP contribution in [0.1, 0.15) is 30.7 Å². The lowest BCUT2D eigenvalue weighted by Crippen LogP contribution is -2.28. The molecule has 1 N–H and O–H groups in total. The van der Waals surface area contributed by atoms with Crippen molar-refractivity contribution in [3.8, 4) is 17.2 Å². The molecule has 126 valence electrons. The lowest BCUT2D eigenvalue weighted by Gasteiger charge is -2.01. The molecule has 1 aliphatic rings. The van der Waals surface area contributed by atoms with Crippen LogP contribution in [-0.2, 0) is 16.0 Å². The van der Waals surface area contributed by atoms with Crippen molar-refractivity contribution in [2.45, 2.75) is 38.6 Å². The first-order valence-corrected chi connectivity index (χ1v) is 7.97. The van der Waals surface area contributed by atoms with Gasteiger partial charge < -0.3 is 14.5 Å². The van der Waals surface area contributed by atoms with Gasteiger partial charge in [0.15, 0.2) is 0 Å². The Morgan fingerprint density at radius 1 is 1.38 bits per heavy atom. The van der Waals surface area contributed by atoms with Crippen molar-refractivity contribution < 1.29 is 18.7 Å². The molecule has 1 heterocycles. The van der Waals surface area contributed by atoms with Crippen molar-refractivity contribution in [1.82, 2.24) is 10.3 Å². The molecular weight excluding hydrogens is 308 g/mol. The van der Waals surface area contributed by atoms with E-state index < -0.39 is 0 Å². The number of oxazole rings is 1. The van der Waals surface area contributed by atoms with E-state index in [-0.39, 0.29) is 30.6 Å². The monoisotopic (exact) mass is 328 g/mol. The molecule has 0 saturated heterocycles. The highest BCUT2D eigenvalue weighted by Crippen LogP contribution is 2.25. The molecule has 0 radical (unpaired) electrons. The Balaban J connectivity index is 1.66. The number of Topliss-reactive ketones (excluding diaryl/α,β-unsaturated/α-hetero) is 1. The van der Waals surface area contributed by atoms with Crippen molar-refractivity contribution in [3.63, 3.8) is 0 Å². The Hall–Kier alpha value is -2.63. The summed E-state index contributed by atoms with van der Waals surface area (Å²) in [5, 5.41) is 2.81. The maximum Gasteiger partial charge on any atom is 0.227 e. The lowest BCUT2D eigenvalue weighted by atomic mass is 10.1. The predicted octanol–water partition coefficient (Wildman–Crippen LogP) is 2.44. The molecule has 1 aromatic carbocycles. The van der Waals surface area contributed by atoms with Crippen molar-refractivity contribution in [1.29, 1.82) is 0 Å². The largest absolute Gasteiger partial charge is 0.497 e. The summed E-state index contributed by atoms with van der Waals surface area (Å²) in [4.78, 5) is 28.1. The standard InChI is InChI=1S/C18H20N2O4/c1-11-16(9-14(21)10-17(22)19-13-6-7-13)20-18(24-11)12-4-3-5-15(8-12)23-2/h3-5,8,13H,6-7,9-10H2,1-2H3,(H,19,22). The van der Waals surface area contributed by atoms with Crippen LogP contribution in [0.5, 0.6) is 5.75 Å². The average molecular weight is 328 g/mol. The summed E-state index contributed by atoms with van der Waals surface area (Å²) in [6, 6.07) is 7.63. The topological polar surface area (TPSA) is 81.4 Å². The van der Waals surface area contributed by atoms with Crippen molar-refractivity contribution >= 4 is 11.7 Å². The van der Waals surface area contributed by atoms with E-state index >= 15 is 0 Å². The number of ether oxygens (including phenoxy) is 1. The third kappa shape index (κ3) is 4.01. The van der Waals surface area contributed by atoms with Gasteiger partial charge >= 0.3 is 0 Å². The van der Waals surface area contributed by atoms with E-state index in [1.165, 1.54) is 0 Å². The molecule has 24 heavy (non-hydrogen) atoms. The molecule has 1 fully saturated rings. The first kappa shape index (κ1) is 16.2.